The maximum atomic E-state index is 11.1. The van der Waals surface area contributed by atoms with Gasteiger partial charge in [-0.3, -0.25) is 9.89 Å². The van der Waals surface area contributed by atoms with Crippen LogP contribution in [0.2, 0.25) is 0 Å². The van der Waals surface area contributed by atoms with E-state index >= 15 is 0 Å². The van der Waals surface area contributed by atoms with E-state index < -0.39 is 0 Å². The highest BCUT2D eigenvalue weighted by Crippen LogP contribution is 2.21. The highest BCUT2D eigenvalue weighted by molar-refractivity contribution is 9.10. The van der Waals surface area contributed by atoms with Crippen molar-refractivity contribution >= 4 is 21.7 Å². The van der Waals surface area contributed by atoms with Gasteiger partial charge in [0.1, 0.15) is 5.69 Å². The van der Waals surface area contributed by atoms with Crippen molar-refractivity contribution in [2.75, 3.05) is 0 Å². The summed E-state index contributed by atoms with van der Waals surface area (Å²) >= 11 is 3.39. The zero-order chi connectivity index (χ0) is 10.8. The Kier molecular flexibility index (Phi) is 2.68. The summed E-state index contributed by atoms with van der Waals surface area (Å²) in [4.78, 5) is 11.1. The van der Waals surface area contributed by atoms with Crippen LogP contribution in [0.15, 0.2) is 34.8 Å². The van der Waals surface area contributed by atoms with Crippen molar-refractivity contribution in [1.29, 1.82) is 0 Å². The molecule has 4 heteroatoms. The number of carbonyl (C=O) groups is 1. The van der Waals surface area contributed by atoms with E-state index in [1.54, 1.807) is 6.07 Å². The molecule has 0 fully saturated rings. The molecule has 0 saturated carbocycles. The highest BCUT2D eigenvalue weighted by atomic mass is 79.9. The van der Waals surface area contributed by atoms with Gasteiger partial charge in [-0.1, -0.05) is 28.1 Å². The molecular formula is C11H9BrN2O. The number of halogens is 1. The standard InChI is InChI=1S/C11H9BrN2O/c1-7(15)10-6-11(14-13-10)8-3-2-4-9(12)5-8/h2-6H,1H3,(H,13,14). The summed E-state index contributed by atoms with van der Waals surface area (Å²) in [5, 5.41) is 6.79. The first-order valence-electron chi connectivity index (χ1n) is 4.49. The average molecular weight is 265 g/mol. The number of benzene rings is 1. The lowest BCUT2D eigenvalue weighted by Crippen LogP contribution is -1.90. The number of nitrogens with zero attached hydrogens (tertiary/aromatic N) is 1. The Morgan fingerprint density at radius 3 is 2.80 bits per heavy atom. The lowest BCUT2D eigenvalue weighted by molar-refractivity contribution is 0.101. The summed E-state index contributed by atoms with van der Waals surface area (Å²) in [5.74, 6) is -0.0104. The van der Waals surface area contributed by atoms with Crippen LogP contribution in [0.5, 0.6) is 0 Å². The van der Waals surface area contributed by atoms with E-state index in [9.17, 15) is 4.79 Å². The number of hydrogen-bond donors (Lipinski definition) is 1. The van der Waals surface area contributed by atoms with Gasteiger partial charge in [0.15, 0.2) is 5.78 Å². The lowest BCUT2D eigenvalue weighted by Gasteiger charge is -1.95. The predicted octanol–water partition coefficient (Wildman–Crippen LogP) is 3.04. The Morgan fingerprint density at radius 2 is 2.20 bits per heavy atom. The van der Waals surface area contributed by atoms with Gasteiger partial charge in [-0.05, 0) is 18.2 Å². The Morgan fingerprint density at radius 1 is 1.40 bits per heavy atom. The predicted molar refractivity (Wildman–Crippen MR) is 61.7 cm³/mol. The molecule has 1 N–H and O–H groups in total. The van der Waals surface area contributed by atoms with E-state index in [1.165, 1.54) is 6.92 Å². The third-order valence-electron chi connectivity index (χ3n) is 2.08. The summed E-state index contributed by atoms with van der Waals surface area (Å²) in [6.07, 6.45) is 0. The van der Waals surface area contributed by atoms with Crippen LogP contribution in [0.4, 0.5) is 0 Å². The zero-order valence-corrected chi connectivity index (χ0v) is 9.71. The number of H-pyrrole nitrogens is 1. The van der Waals surface area contributed by atoms with Crippen molar-refractivity contribution < 1.29 is 4.79 Å². The minimum Gasteiger partial charge on any atom is -0.293 e. The summed E-state index contributed by atoms with van der Waals surface area (Å²) in [5.41, 5.74) is 2.29. The van der Waals surface area contributed by atoms with Crippen molar-refractivity contribution in [3.05, 3.63) is 40.5 Å². The van der Waals surface area contributed by atoms with Crippen LogP contribution in [0, 0.1) is 0 Å². The van der Waals surface area contributed by atoms with Gasteiger partial charge in [0, 0.05) is 17.0 Å². The van der Waals surface area contributed by atoms with Gasteiger partial charge in [0.05, 0.1) is 5.69 Å². The number of aromatic nitrogens is 2. The van der Waals surface area contributed by atoms with Gasteiger partial charge in [0.2, 0.25) is 0 Å². The molecule has 0 aliphatic heterocycles. The van der Waals surface area contributed by atoms with Gasteiger partial charge in [-0.2, -0.15) is 5.10 Å². The quantitative estimate of drug-likeness (QED) is 0.848. The van der Waals surface area contributed by atoms with Gasteiger partial charge < -0.3 is 0 Å². The smallest absolute Gasteiger partial charge is 0.177 e. The zero-order valence-electron chi connectivity index (χ0n) is 8.12. The third kappa shape index (κ3) is 2.15. The largest absolute Gasteiger partial charge is 0.293 e. The first-order valence-corrected chi connectivity index (χ1v) is 5.28. The van der Waals surface area contributed by atoms with Gasteiger partial charge in [-0.25, -0.2) is 0 Å². The second-order valence-electron chi connectivity index (χ2n) is 3.23. The molecule has 0 bridgehead atoms. The number of carbonyl (C=O) groups excluding carboxylic acids is 1. The highest BCUT2D eigenvalue weighted by Gasteiger charge is 2.06. The normalized spacial score (nSPS) is 10.3. The van der Waals surface area contributed by atoms with Crippen LogP contribution < -0.4 is 0 Å². The topological polar surface area (TPSA) is 45.8 Å². The fraction of sp³-hybridized carbons (Fsp3) is 0.0909. The van der Waals surface area contributed by atoms with Crippen molar-refractivity contribution in [2.45, 2.75) is 6.92 Å². The molecule has 1 aromatic heterocycles. The molecule has 0 aliphatic rings. The van der Waals surface area contributed by atoms with Crippen molar-refractivity contribution in [3.63, 3.8) is 0 Å². The second-order valence-corrected chi connectivity index (χ2v) is 4.15. The monoisotopic (exact) mass is 264 g/mol. The molecule has 76 valence electrons. The van der Waals surface area contributed by atoms with E-state index in [1.807, 2.05) is 24.3 Å². The molecule has 1 heterocycles. The number of ketones is 1. The van der Waals surface area contributed by atoms with Crippen LogP contribution in [-0.2, 0) is 0 Å². The number of aromatic amines is 1. The fourth-order valence-corrected chi connectivity index (χ4v) is 1.70. The van der Waals surface area contributed by atoms with E-state index in [-0.39, 0.29) is 5.78 Å². The van der Waals surface area contributed by atoms with Gasteiger partial charge in [0.25, 0.3) is 0 Å². The molecular weight excluding hydrogens is 256 g/mol. The third-order valence-corrected chi connectivity index (χ3v) is 2.57. The molecule has 0 spiro atoms. The van der Waals surface area contributed by atoms with E-state index in [2.05, 4.69) is 26.1 Å². The minimum atomic E-state index is -0.0104. The minimum absolute atomic E-state index is 0.0104. The second kappa shape index (κ2) is 3.98. The molecule has 3 nitrogen and oxygen atoms in total. The Hall–Kier alpha value is -1.42. The van der Waals surface area contributed by atoms with Crippen LogP contribution in [0.25, 0.3) is 11.3 Å². The van der Waals surface area contributed by atoms with Crippen molar-refractivity contribution in [1.82, 2.24) is 10.2 Å². The SMILES string of the molecule is CC(=O)c1cc(-c2cccc(Br)c2)n[nH]1. The maximum Gasteiger partial charge on any atom is 0.177 e. The molecule has 2 aromatic rings. The van der Waals surface area contributed by atoms with Crippen LogP contribution in [-0.4, -0.2) is 16.0 Å². The Bertz CT molecular complexity index is 505. The number of rotatable bonds is 2. The summed E-state index contributed by atoms with van der Waals surface area (Å²) in [6, 6.07) is 9.54. The molecule has 1 aromatic carbocycles. The molecule has 0 amide bonds. The van der Waals surface area contributed by atoms with Crippen LogP contribution in [0.1, 0.15) is 17.4 Å². The molecule has 0 atom stereocenters. The summed E-state index contributed by atoms with van der Waals surface area (Å²) < 4.78 is 0.993. The molecule has 0 unspecified atom stereocenters. The number of hydrogen-bond acceptors (Lipinski definition) is 2. The lowest BCUT2D eigenvalue weighted by atomic mass is 10.1. The molecule has 0 radical (unpaired) electrons. The van der Waals surface area contributed by atoms with Gasteiger partial charge in [-0.15, -0.1) is 0 Å². The Balaban J connectivity index is 2.41. The van der Waals surface area contributed by atoms with E-state index in [0.717, 1.165) is 15.7 Å². The fourth-order valence-electron chi connectivity index (χ4n) is 1.30. The average Bonchev–Trinajstić information content (AvgIpc) is 2.66. The van der Waals surface area contributed by atoms with Crippen LogP contribution >= 0.6 is 15.9 Å². The molecule has 0 saturated heterocycles. The summed E-state index contributed by atoms with van der Waals surface area (Å²) in [7, 11) is 0. The number of Topliss-reactive ketones (excluding diaryl/α,β-unsaturated/α-hetero) is 1. The summed E-state index contributed by atoms with van der Waals surface area (Å²) in [6.45, 7) is 1.51. The molecule has 0 aliphatic carbocycles. The van der Waals surface area contributed by atoms with Crippen molar-refractivity contribution in [3.8, 4) is 11.3 Å². The first-order chi connectivity index (χ1) is 7.16. The Labute approximate surface area is 95.6 Å². The van der Waals surface area contributed by atoms with Gasteiger partial charge >= 0.3 is 0 Å². The van der Waals surface area contributed by atoms with E-state index in [4.69, 9.17) is 0 Å². The van der Waals surface area contributed by atoms with Crippen LogP contribution in [0.3, 0.4) is 0 Å². The first kappa shape index (κ1) is 10.1. The maximum absolute atomic E-state index is 11.1. The van der Waals surface area contributed by atoms with Crippen molar-refractivity contribution in [2.24, 2.45) is 0 Å². The molecule has 15 heavy (non-hydrogen) atoms. The van der Waals surface area contributed by atoms with E-state index in [0.29, 0.717) is 5.69 Å². The molecule has 2 rings (SSSR count). The number of nitrogens with one attached hydrogen (secondary N) is 1.